The Hall–Kier alpha value is -1.10. The molecule has 0 aromatic rings. The highest BCUT2D eigenvalue weighted by Crippen LogP contribution is 1.99. The lowest BCUT2D eigenvalue weighted by atomic mass is 10.1. The number of hydrogen-bond donors (Lipinski definition) is 1. The zero-order valence-electron chi connectivity index (χ0n) is 7.15. The van der Waals surface area contributed by atoms with E-state index in [0.717, 1.165) is 0 Å². The van der Waals surface area contributed by atoms with Crippen molar-refractivity contribution in [3.05, 3.63) is 0 Å². The van der Waals surface area contributed by atoms with Crippen molar-refractivity contribution in [2.45, 2.75) is 19.9 Å². The van der Waals surface area contributed by atoms with Gasteiger partial charge in [-0.2, -0.15) is 0 Å². The molecule has 0 bridgehead atoms. The SMILES string of the molecule is CC(C)C(N)C(=O)OCOC=O. The summed E-state index contributed by atoms with van der Waals surface area (Å²) in [5, 5.41) is 0. The number of carbonyl (C=O) groups is 2. The van der Waals surface area contributed by atoms with Gasteiger partial charge in [-0.3, -0.25) is 9.59 Å². The minimum atomic E-state index is -0.666. The van der Waals surface area contributed by atoms with E-state index in [1.165, 1.54) is 0 Å². The average molecular weight is 175 g/mol. The van der Waals surface area contributed by atoms with Crippen molar-refractivity contribution in [2.24, 2.45) is 11.7 Å². The van der Waals surface area contributed by atoms with E-state index < -0.39 is 12.0 Å². The molecule has 12 heavy (non-hydrogen) atoms. The average Bonchev–Trinajstić information content (AvgIpc) is 2.03. The molecule has 0 aliphatic heterocycles. The number of ether oxygens (including phenoxy) is 2. The second-order valence-electron chi connectivity index (χ2n) is 2.61. The van der Waals surface area contributed by atoms with Crippen LogP contribution < -0.4 is 5.73 Å². The molecule has 1 unspecified atom stereocenters. The largest absolute Gasteiger partial charge is 0.430 e. The van der Waals surface area contributed by atoms with E-state index in [1.54, 1.807) is 13.8 Å². The van der Waals surface area contributed by atoms with Gasteiger partial charge in [-0.05, 0) is 5.92 Å². The van der Waals surface area contributed by atoms with Crippen LogP contribution >= 0.6 is 0 Å². The van der Waals surface area contributed by atoms with E-state index in [-0.39, 0.29) is 19.2 Å². The third-order valence-electron chi connectivity index (χ3n) is 1.33. The number of carbonyl (C=O) groups excluding carboxylic acids is 2. The molecule has 1 atom stereocenters. The molecular formula is C7H13NO4. The maximum atomic E-state index is 10.9. The Morgan fingerprint density at radius 1 is 1.58 bits per heavy atom. The molecule has 0 aromatic carbocycles. The van der Waals surface area contributed by atoms with Gasteiger partial charge in [-0.1, -0.05) is 13.8 Å². The van der Waals surface area contributed by atoms with Gasteiger partial charge in [-0.25, -0.2) is 0 Å². The van der Waals surface area contributed by atoms with Crippen molar-refractivity contribution in [3.8, 4) is 0 Å². The second kappa shape index (κ2) is 5.54. The summed E-state index contributed by atoms with van der Waals surface area (Å²) in [4.78, 5) is 20.6. The van der Waals surface area contributed by atoms with Crippen LogP contribution in [0.5, 0.6) is 0 Å². The van der Waals surface area contributed by atoms with Crippen LogP contribution in [0.4, 0.5) is 0 Å². The van der Waals surface area contributed by atoms with Crippen LogP contribution in [0, 0.1) is 5.92 Å². The van der Waals surface area contributed by atoms with Gasteiger partial charge in [0, 0.05) is 0 Å². The highest BCUT2D eigenvalue weighted by Gasteiger charge is 2.18. The van der Waals surface area contributed by atoms with Crippen LogP contribution in [0.25, 0.3) is 0 Å². The monoisotopic (exact) mass is 175 g/mol. The third kappa shape index (κ3) is 3.92. The summed E-state index contributed by atoms with van der Waals surface area (Å²) in [6, 6.07) is -0.666. The van der Waals surface area contributed by atoms with Gasteiger partial charge in [0.05, 0.1) is 0 Å². The first-order chi connectivity index (χ1) is 5.59. The maximum Gasteiger partial charge on any atom is 0.326 e. The molecule has 0 fully saturated rings. The maximum absolute atomic E-state index is 10.9. The normalized spacial score (nSPS) is 12.3. The van der Waals surface area contributed by atoms with Gasteiger partial charge < -0.3 is 15.2 Å². The van der Waals surface area contributed by atoms with Gasteiger partial charge in [0.15, 0.2) is 0 Å². The van der Waals surface area contributed by atoms with Gasteiger partial charge in [-0.15, -0.1) is 0 Å². The van der Waals surface area contributed by atoms with Crippen molar-refractivity contribution >= 4 is 12.4 Å². The van der Waals surface area contributed by atoms with Crippen LogP contribution in [-0.4, -0.2) is 25.3 Å². The molecule has 5 heteroatoms. The number of hydrogen-bond acceptors (Lipinski definition) is 5. The first kappa shape index (κ1) is 10.9. The quantitative estimate of drug-likeness (QED) is 0.267. The minimum absolute atomic E-state index is 0.00808. The van der Waals surface area contributed by atoms with E-state index in [2.05, 4.69) is 9.47 Å². The summed E-state index contributed by atoms with van der Waals surface area (Å²) in [7, 11) is 0. The molecule has 0 radical (unpaired) electrons. The van der Waals surface area contributed by atoms with E-state index in [1.807, 2.05) is 0 Å². The topological polar surface area (TPSA) is 78.6 Å². The highest BCUT2D eigenvalue weighted by atomic mass is 16.7. The molecule has 0 rings (SSSR count). The first-order valence-electron chi connectivity index (χ1n) is 3.57. The standard InChI is InChI=1S/C7H13NO4/c1-5(2)6(8)7(10)12-4-11-3-9/h3,5-6H,4,8H2,1-2H3. The molecule has 0 amide bonds. The second-order valence-corrected chi connectivity index (χ2v) is 2.61. The molecule has 0 spiro atoms. The molecule has 70 valence electrons. The molecule has 0 heterocycles. The fraction of sp³-hybridized carbons (Fsp3) is 0.714. The Morgan fingerprint density at radius 2 is 2.17 bits per heavy atom. The summed E-state index contributed by atoms with van der Waals surface area (Å²) in [6.07, 6.45) is 0. The van der Waals surface area contributed by atoms with Gasteiger partial charge in [0.2, 0.25) is 6.79 Å². The molecule has 0 saturated heterocycles. The van der Waals surface area contributed by atoms with Crippen molar-refractivity contribution in [2.75, 3.05) is 6.79 Å². The zero-order chi connectivity index (χ0) is 9.56. The summed E-state index contributed by atoms with van der Waals surface area (Å²) < 4.78 is 8.64. The number of nitrogens with two attached hydrogens (primary N) is 1. The lowest BCUT2D eigenvalue weighted by Gasteiger charge is -2.13. The third-order valence-corrected chi connectivity index (χ3v) is 1.33. The van der Waals surface area contributed by atoms with Crippen molar-refractivity contribution in [1.82, 2.24) is 0 Å². The zero-order valence-corrected chi connectivity index (χ0v) is 7.15. The fourth-order valence-corrected chi connectivity index (χ4v) is 0.488. The van der Waals surface area contributed by atoms with E-state index in [0.29, 0.717) is 0 Å². The summed E-state index contributed by atoms with van der Waals surface area (Å²) in [5.74, 6) is -0.555. The van der Waals surface area contributed by atoms with Gasteiger partial charge in [0.25, 0.3) is 6.47 Å². The highest BCUT2D eigenvalue weighted by molar-refractivity contribution is 5.75. The van der Waals surface area contributed by atoms with E-state index in [4.69, 9.17) is 5.73 Å². The van der Waals surface area contributed by atoms with Crippen LogP contribution in [-0.2, 0) is 19.1 Å². The predicted molar refractivity (Wildman–Crippen MR) is 40.9 cm³/mol. The van der Waals surface area contributed by atoms with Crippen molar-refractivity contribution < 1.29 is 19.1 Å². The number of rotatable bonds is 5. The van der Waals surface area contributed by atoms with Gasteiger partial charge in [0.1, 0.15) is 6.04 Å². The Balaban J connectivity index is 3.64. The fourth-order valence-electron chi connectivity index (χ4n) is 0.488. The lowest BCUT2D eigenvalue weighted by molar-refractivity contribution is -0.161. The van der Waals surface area contributed by atoms with Crippen LogP contribution in [0.1, 0.15) is 13.8 Å². The summed E-state index contributed by atoms with van der Waals surface area (Å²) in [5.41, 5.74) is 5.42. The molecular weight excluding hydrogens is 162 g/mol. The smallest absolute Gasteiger partial charge is 0.326 e. The van der Waals surface area contributed by atoms with Crippen LogP contribution in [0.3, 0.4) is 0 Å². The van der Waals surface area contributed by atoms with Gasteiger partial charge >= 0.3 is 5.97 Å². The molecule has 5 nitrogen and oxygen atoms in total. The summed E-state index contributed by atoms with van der Waals surface area (Å²) in [6.45, 7) is 3.43. The Labute approximate surface area is 70.8 Å². The molecule has 0 aromatic heterocycles. The van der Waals surface area contributed by atoms with Crippen LogP contribution in [0.15, 0.2) is 0 Å². The summed E-state index contributed by atoms with van der Waals surface area (Å²) >= 11 is 0. The first-order valence-corrected chi connectivity index (χ1v) is 3.57. The lowest BCUT2D eigenvalue weighted by Crippen LogP contribution is -2.37. The van der Waals surface area contributed by atoms with E-state index in [9.17, 15) is 9.59 Å². The van der Waals surface area contributed by atoms with Crippen molar-refractivity contribution in [3.63, 3.8) is 0 Å². The Kier molecular flexibility index (Phi) is 5.03. The molecule has 0 aliphatic rings. The Morgan fingerprint density at radius 3 is 2.58 bits per heavy atom. The van der Waals surface area contributed by atoms with Crippen LogP contribution in [0.2, 0.25) is 0 Å². The molecule has 0 aliphatic carbocycles. The molecule has 2 N–H and O–H groups in total. The number of esters is 1. The Bertz CT molecular complexity index is 157. The minimum Gasteiger partial charge on any atom is -0.430 e. The van der Waals surface area contributed by atoms with E-state index >= 15 is 0 Å². The molecule has 0 saturated carbocycles. The van der Waals surface area contributed by atoms with Crippen molar-refractivity contribution in [1.29, 1.82) is 0 Å². The predicted octanol–water partition coefficient (Wildman–Crippen LogP) is -0.357.